The Kier molecular flexibility index (Phi) is 6.25. The lowest BCUT2D eigenvalue weighted by Gasteiger charge is -2.11. The maximum atomic E-state index is 5.51. The Bertz CT molecular complexity index is 554. The lowest BCUT2D eigenvalue weighted by atomic mass is 10.1. The largest absolute Gasteiger partial charge is 0.497 e. The van der Waals surface area contributed by atoms with Crippen molar-refractivity contribution in [2.24, 2.45) is 0 Å². The normalized spacial score (nSPS) is 10.6. The van der Waals surface area contributed by atoms with E-state index in [4.69, 9.17) is 9.47 Å². The van der Waals surface area contributed by atoms with E-state index in [1.54, 1.807) is 7.11 Å². The topological polar surface area (TPSA) is 30.5 Å². The van der Waals surface area contributed by atoms with Gasteiger partial charge in [0.25, 0.3) is 0 Å². The van der Waals surface area contributed by atoms with Crippen molar-refractivity contribution in [2.75, 3.05) is 13.7 Å². The second-order valence-electron chi connectivity index (χ2n) is 4.86. The number of ether oxygens (including phenoxy) is 2. The Balaban J connectivity index is 1.90. The van der Waals surface area contributed by atoms with Crippen LogP contribution in [-0.4, -0.2) is 13.7 Å². The van der Waals surface area contributed by atoms with Crippen LogP contribution in [0.15, 0.2) is 48.5 Å². The van der Waals surface area contributed by atoms with Gasteiger partial charge in [0.2, 0.25) is 0 Å². The fraction of sp³-hybridized carbons (Fsp3) is 0.333. The minimum absolute atomic E-state index is 0.674. The zero-order valence-corrected chi connectivity index (χ0v) is 12.8. The molecule has 2 rings (SSSR count). The second-order valence-corrected chi connectivity index (χ2v) is 4.86. The maximum Gasteiger partial charge on any atom is 0.119 e. The molecule has 0 radical (unpaired) electrons. The number of hydrogen-bond donors (Lipinski definition) is 1. The molecule has 3 heteroatoms. The molecule has 0 atom stereocenters. The highest BCUT2D eigenvalue weighted by atomic mass is 16.5. The van der Waals surface area contributed by atoms with E-state index in [-0.39, 0.29) is 0 Å². The van der Waals surface area contributed by atoms with Gasteiger partial charge < -0.3 is 14.8 Å². The van der Waals surface area contributed by atoms with Crippen LogP contribution in [-0.2, 0) is 24.4 Å². The summed E-state index contributed by atoms with van der Waals surface area (Å²) in [7, 11) is 1.69. The highest BCUT2D eigenvalue weighted by molar-refractivity contribution is 5.29. The molecule has 0 aliphatic carbocycles. The lowest BCUT2D eigenvalue weighted by Crippen LogP contribution is -2.14. The summed E-state index contributed by atoms with van der Waals surface area (Å²) in [4.78, 5) is 0. The van der Waals surface area contributed by atoms with E-state index in [2.05, 4.69) is 41.7 Å². The van der Waals surface area contributed by atoms with Gasteiger partial charge in [-0.1, -0.05) is 36.4 Å². The number of hydrogen-bond acceptors (Lipinski definition) is 3. The van der Waals surface area contributed by atoms with Crippen LogP contribution < -0.4 is 10.1 Å². The summed E-state index contributed by atoms with van der Waals surface area (Å²) in [6, 6.07) is 16.5. The van der Waals surface area contributed by atoms with E-state index in [9.17, 15) is 0 Å². The maximum absolute atomic E-state index is 5.51. The molecule has 3 nitrogen and oxygen atoms in total. The summed E-state index contributed by atoms with van der Waals surface area (Å²) in [5.41, 5.74) is 3.75. The molecule has 0 aliphatic rings. The predicted molar refractivity (Wildman–Crippen MR) is 85.3 cm³/mol. The van der Waals surface area contributed by atoms with Crippen LogP contribution in [0, 0.1) is 0 Å². The van der Waals surface area contributed by atoms with E-state index in [1.807, 2.05) is 19.1 Å². The standard InChI is InChI=1S/C18H23NO2/c1-3-21-14-17-9-5-4-8-16(17)13-19-12-15-7-6-10-18(11-15)20-2/h4-11,19H,3,12-14H2,1-2H3. The van der Waals surface area contributed by atoms with E-state index in [0.29, 0.717) is 6.61 Å². The molecule has 112 valence electrons. The van der Waals surface area contributed by atoms with Gasteiger partial charge in [0.15, 0.2) is 0 Å². The molecule has 0 aliphatic heterocycles. The van der Waals surface area contributed by atoms with Gasteiger partial charge in [-0.15, -0.1) is 0 Å². The van der Waals surface area contributed by atoms with Crippen molar-refractivity contribution in [2.45, 2.75) is 26.6 Å². The SMILES string of the molecule is CCOCc1ccccc1CNCc1cccc(OC)c1. The Morgan fingerprint density at radius 2 is 1.76 bits per heavy atom. The fourth-order valence-electron chi connectivity index (χ4n) is 2.21. The first-order valence-corrected chi connectivity index (χ1v) is 7.31. The van der Waals surface area contributed by atoms with Crippen LogP contribution >= 0.6 is 0 Å². The van der Waals surface area contributed by atoms with Crippen LogP contribution in [0.2, 0.25) is 0 Å². The minimum atomic E-state index is 0.674. The lowest BCUT2D eigenvalue weighted by molar-refractivity contribution is 0.133. The van der Waals surface area contributed by atoms with Crippen LogP contribution in [0.4, 0.5) is 0 Å². The molecule has 0 amide bonds. The van der Waals surface area contributed by atoms with Crippen LogP contribution in [0.5, 0.6) is 5.75 Å². The van der Waals surface area contributed by atoms with Crippen molar-refractivity contribution in [1.29, 1.82) is 0 Å². The zero-order valence-electron chi connectivity index (χ0n) is 12.8. The van der Waals surface area contributed by atoms with Gasteiger partial charge in [0, 0.05) is 19.7 Å². The first-order valence-electron chi connectivity index (χ1n) is 7.31. The molecule has 21 heavy (non-hydrogen) atoms. The summed E-state index contributed by atoms with van der Waals surface area (Å²) in [5.74, 6) is 0.894. The van der Waals surface area contributed by atoms with E-state index >= 15 is 0 Å². The van der Waals surface area contributed by atoms with E-state index in [1.165, 1.54) is 16.7 Å². The second kappa shape index (κ2) is 8.45. The third kappa shape index (κ3) is 4.88. The number of benzene rings is 2. The highest BCUT2D eigenvalue weighted by Crippen LogP contribution is 2.13. The van der Waals surface area contributed by atoms with Gasteiger partial charge in [0.1, 0.15) is 5.75 Å². The molecule has 0 heterocycles. The zero-order chi connectivity index (χ0) is 14.9. The number of methoxy groups -OCH3 is 1. The van der Waals surface area contributed by atoms with Gasteiger partial charge in [-0.2, -0.15) is 0 Å². The van der Waals surface area contributed by atoms with Gasteiger partial charge in [0.05, 0.1) is 13.7 Å². The smallest absolute Gasteiger partial charge is 0.119 e. The van der Waals surface area contributed by atoms with E-state index < -0.39 is 0 Å². The molecule has 0 aromatic heterocycles. The van der Waals surface area contributed by atoms with Crippen molar-refractivity contribution in [3.05, 3.63) is 65.2 Å². The molecule has 2 aromatic rings. The summed E-state index contributed by atoms with van der Waals surface area (Å²) < 4.78 is 10.7. The average Bonchev–Trinajstić information content (AvgIpc) is 2.54. The summed E-state index contributed by atoms with van der Waals surface area (Å²) >= 11 is 0. The minimum Gasteiger partial charge on any atom is -0.497 e. The molecule has 0 unspecified atom stereocenters. The average molecular weight is 285 g/mol. The molecule has 0 saturated heterocycles. The fourth-order valence-corrected chi connectivity index (χ4v) is 2.21. The van der Waals surface area contributed by atoms with Gasteiger partial charge in [-0.25, -0.2) is 0 Å². The van der Waals surface area contributed by atoms with Crippen LogP contribution in [0.1, 0.15) is 23.6 Å². The first-order chi connectivity index (χ1) is 10.3. The number of nitrogens with one attached hydrogen (secondary N) is 1. The Morgan fingerprint density at radius 3 is 2.52 bits per heavy atom. The Labute approximate surface area is 126 Å². The van der Waals surface area contributed by atoms with Gasteiger partial charge in [-0.3, -0.25) is 0 Å². The highest BCUT2D eigenvalue weighted by Gasteiger charge is 2.02. The third-order valence-electron chi connectivity index (χ3n) is 3.36. The van der Waals surface area contributed by atoms with Crippen molar-refractivity contribution in [3.63, 3.8) is 0 Å². The summed E-state index contributed by atoms with van der Waals surface area (Å²) in [5, 5.41) is 3.47. The monoisotopic (exact) mass is 285 g/mol. The molecule has 0 bridgehead atoms. The molecule has 0 saturated carbocycles. The third-order valence-corrected chi connectivity index (χ3v) is 3.36. The van der Waals surface area contributed by atoms with Crippen LogP contribution in [0.3, 0.4) is 0 Å². The molecule has 2 aromatic carbocycles. The molecular weight excluding hydrogens is 262 g/mol. The Hall–Kier alpha value is -1.84. The van der Waals surface area contributed by atoms with Crippen molar-refractivity contribution in [1.82, 2.24) is 5.32 Å². The quantitative estimate of drug-likeness (QED) is 0.805. The van der Waals surface area contributed by atoms with E-state index in [0.717, 1.165) is 25.4 Å². The van der Waals surface area contributed by atoms with Gasteiger partial charge in [-0.05, 0) is 35.7 Å². The summed E-state index contributed by atoms with van der Waals surface area (Å²) in [6.45, 7) is 5.09. The van der Waals surface area contributed by atoms with Crippen LogP contribution in [0.25, 0.3) is 0 Å². The molecule has 1 N–H and O–H groups in total. The van der Waals surface area contributed by atoms with Crippen molar-refractivity contribution in [3.8, 4) is 5.75 Å². The molecule has 0 spiro atoms. The summed E-state index contributed by atoms with van der Waals surface area (Å²) in [6.07, 6.45) is 0. The van der Waals surface area contributed by atoms with Gasteiger partial charge >= 0.3 is 0 Å². The molecular formula is C18H23NO2. The van der Waals surface area contributed by atoms with Crippen molar-refractivity contribution >= 4 is 0 Å². The molecule has 0 fully saturated rings. The Morgan fingerprint density at radius 1 is 0.952 bits per heavy atom. The first kappa shape index (κ1) is 15.5. The van der Waals surface area contributed by atoms with Crippen molar-refractivity contribution < 1.29 is 9.47 Å². The number of rotatable bonds is 8. The predicted octanol–water partition coefficient (Wildman–Crippen LogP) is 3.52.